The van der Waals surface area contributed by atoms with E-state index in [1.165, 1.54) is 34.0 Å². The van der Waals surface area contributed by atoms with Crippen molar-refractivity contribution >= 4 is 84.2 Å². The third-order valence-electron chi connectivity index (χ3n) is 12.8. The van der Waals surface area contributed by atoms with Crippen LogP contribution in [0.3, 0.4) is 0 Å². The van der Waals surface area contributed by atoms with Gasteiger partial charge in [-0.25, -0.2) is 15.0 Å². The van der Waals surface area contributed by atoms with Crippen molar-refractivity contribution in [3.05, 3.63) is 230 Å². The molecule has 0 fully saturated rings. The molecule has 0 aliphatic carbocycles. The second-order valence-corrected chi connectivity index (χ2v) is 22.1. The molecule has 0 radical (unpaired) electrons. The first-order chi connectivity index (χ1) is 40.8. The maximum atomic E-state index is 12.0. The first-order valence-corrected chi connectivity index (χ1v) is 30.0. The fourth-order valence-corrected chi connectivity index (χ4v) is 10.1. The van der Waals surface area contributed by atoms with E-state index in [0.717, 1.165) is 89.3 Å². The van der Waals surface area contributed by atoms with Crippen LogP contribution in [0, 0.1) is 0 Å². The number of nitrogens with one attached hydrogen (secondary N) is 6. The molecule has 15 N–H and O–H groups in total. The summed E-state index contributed by atoms with van der Waals surface area (Å²) in [5.74, 6) is -0.348. The number of carbonyl (C=O) groups excluding carboxylic acids is 3. The van der Waals surface area contributed by atoms with Crippen molar-refractivity contribution in [2.75, 3.05) is 72.4 Å². The number of rotatable bonds is 27. The van der Waals surface area contributed by atoms with Crippen LogP contribution in [0.2, 0.25) is 0 Å². The zero-order valence-electron chi connectivity index (χ0n) is 46.4. The predicted molar refractivity (Wildman–Crippen MR) is 340 cm³/mol. The van der Waals surface area contributed by atoms with Gasteiger partial charge in [0.05, 0.1) is 54.7 Å². The number of amides is 3. The van der Waals surface area contributed by atoms with Gasteiger partial charge < -0.3 is 64.4 Å². The lowest BCUT2D eigenvalue weighted by molar-refractivity contribution is -0.116. The van der Waals surface area contributed by atoms with E-state index < -0.39 is 18.3 Å². The number of aliphatic hydroxyl groups is 3. The molecule has 6 aromatic carbocycles. The van der Waals surface area contributed by atoms with Crippen molar-refractivity contribution in [2.45, 2.75) is 56.8 Å². The highest BCUT2D eigenvalue weighted by atomic mass is 32.1. The van der Waals surface area contributed by atoms with Gasteiger partial charge in [0, 0.05) is 52.8 Å². The molecule has 18 nitrogen and oxygen atoms in total. The Morgan fingerprint density at radius 3 is 0.857 bits per heavy atom. The van der Waals surface area contributed by atoms with E-state index in [2.05, 4.69) is 46.9 Å². The van der Waals surface area contributed by atoms with Crippen molar-refractivity contribution in [3.63, 3.8) is 0 Å². The maximum absolute atomic E-state index is 12.0. The quantitative estimate of drug-likeness (QED) is 0.0216. The lowest BCUT2D eigenvalue weighted by atomic mass is 10.1. The lowest BCUT2D eigenvalue weighted by Crippen LogP contribution is -2.23. The zero-order valence-corrected chi connectivity index (χ0v) is 48.9. The molecular weight excluding hydrogens is 1120 g/mol. The van der Waals surface area contributed by atoms with Crippen LogP contribution in [-0.4, -0.2) is 87.3 Å². The number of anilines is 6. The molecule has 0 bridgehead atoms. The van der Waals surface area contributed by atoms with Crippen LogP contribution in [-0.2, 0) is 52.9 Å². The number of benzene rings is 6. The molecule has 0 spiro atoms. The van der Waals surface area contributed by atoms with Gasteiger partial charge in [-0.1, -0.05) is 127 Å². The second-order valence-electron chi connectivity index (χ2n) is 19.4. The van der Waals surface area contributed by atoms with Crippen molar-refractivity contribution in [1.82, 2.24) is 30.9 Å². The monoisotopic (exact) mass is 1190 g/mol. The van der Waals surface area contributed by atoms with E-state index in [1.807, 2.05) is 164 Å². The molecule has 3 atom stereocenters. The van der Waals surface area contributed by atoms with Crippen LogP contribution < -0.4 is 49.1 Å². The molecule has 0 saturated heterocycles. The van der Waals surface area contributed by atoms with Crippen molar-refractivity contribution < 1.29 is 29.7 Å². The summed E-state index contributed by atoms with van der Waals surface area (Å²) in [6.45, 7) is 3.83. The van der Waals surface area contributed by atoms with Gasteiger partial charge in [0.15, 0.2) is 15.4 Å². The summed E-state index contributed by atoms with van der Waals surface area (Å²) in [5.41, 5.74) is 27.2. The van der Waals surface area contributed by atoms with Gasteiger partial charge in [-0.05, 0) is 109 Å². The van der Waals surface area contributed by atoms with Crippen molar-refractivity contribution in [1.29, 1.82) is 0 Å². The van der Waals surface area contributed by atoms with Gasteiger partial charge in [0.1, 0.15) is 0 Å². The van der Waals surface area contributed by atoms with Crippen LogP contribution >= 0.6 is 34.0 Å². The molecule has 84 heavy (non-hydrogen) atoms. The van der Waals surface area contributed by atoms with Gasteiger partial charge in [0.25, 0.3) is 0 Å². The number of nitrogens with two attached hydrogens (primary N) is 3. The molecule has 9 aromatic rings. The molecular formula is C63H72N12O6S3. The third kappa shape index (κ3) is 23.2. The number of thiazole rings is 3. The smallest absolute Gasteiger partial charge is 0.230 e. The fourth-order valence-electron chi connectivity index (χ4n) is 8.38. The third-order valence-corrected chi connectivity index (χ3v) is 15.0. The van der Waals surface area contributed by atoms with Gasteiger partial charge in [-0.3, -0.25) is 14.4 Å². The summed E-state index contributed by atoms with van der Waals surface area (Å²) >= 11 is 3.99. The minimum absolute atomic E-state index is 0.116. The Bertz CT molecular complexity index is 3000. The molecule has 0 unspecified atom stereocenters. The Labute approximate surface area is 501 Å². The highest BCUT2D eigenvalue weighted by Gasteiger charge is 2.12. The van der Waals surface area contributed by atoms with Gasteiger partial charge >= 0.3 is 0 Å². The van der Waals surface area contributed by atoms with Gasteiger partial charge in [-0.2, -0.15) is 0 Å². The highest BCUT2D eigenvalue weighted by molar-refractivity contribution is 7.14. The van der Waals surface area contributed by atoms with E-state index in [-0.39, 0.29) is 37.0 Å². The minimum Gasteiger partial charge on any atom is -0.387 e. The second kappa shape index (κ2) is 34.4. The normalized spacial score (nSPS) is 11.9. The van der Waals surface area contributed by atoms with E-state index in [4.69, 9.17) is 17.2 Å². The summed E-state index contributed by atoms with van der Waals surface area (Å²) in [6.07, 6.45) is 1.63. The van der Waals surface area contributed by atoms with Crippen molar-refractivity contribution in [2.24, 2.45) is 0 Å². The SMILES string of the molecule is Nc1nc(CC(=O)Nc2ccc(CCNC[C@H](O)c3ccccc3)cc2)cs1.Nc1nc(CC(=O)Nc2ccc(CCNC[C@H](O)c3ccccc3)cc2)cs1.Nc1nc(CC(=O)Nc2ccc(CCNC[C@H](O)c3ccccc3)cc2)cs1. The minimum atomic E-state index is -0.508. The molecule has 21 heteroatoms. The first-order valence-electron chi connectivity index (χ1n) is 27.4. The number of aromatic nitrogens is 3. The Kier molecular flexibility index (Phi) is 25.9. The Morgan fingerprint density at radius 2 is 0.631 bits per heavy atom. The van der Waals surface area contributed by atoms with Crippen LogP contribution in [0.1, 0.15) is 68.8 Å². The van der Waals surface area contributed by atoms with Crippen LogP contribution in [0.5, 0.6) is 0 Å². The lowest BCUT2D eigenvalue weighted by Gasteiger charge is -2.12. The van der Waals surface area contributed by atoms with Crippen LogP contribution in [0.25, 0.3) is 0 Å². The average molecular weight is 1190 g/mol. The summed E-state index contributed by atoms with van der Waals surface area (Å²) in [4.78, 5) is 48.4. The molecule has 0 aliphatic rings. The number of carbonyl (C=O) groups is 3. The summed E-state index contributed by atoms with van der Waals surface area (Å²) in [7, 11) is 0. The van der Waals surface area contributed by atoms with Crippen LogP contribution in [0.15, 0.2) is 180 Å². The summed E-state index contributed by atoms with van der Waals surface area (Å²) < 4.78 is 0. The number of nitrogens with zero attached hydrogens (tertiary/aromatic N) is 3. The first kappa shape index (κ1) is 63.4. The Morgan fingerprint density at radius 1 is 0.381 bits per heavy atom. The van der Waals surface area contributed by atoms with Crippen molar-refractivity contribution in [3.8, 4) is 0 Å². The zero-order chi connectivity index (χ0) is 59.3. The maximum Gasteiger partial charge on any atom is 0.230 e. The Hall–Kier alpha value is -8.22. The standard InChI is InChI=1S/3C21H24N4O2S/c3*22-21-25-18(14-28-21)12-20(27)24-17-8-6-15(7-9-17)10-11-23-13-19(26)16-4-2-1-3-5-16/h3*1-9,14,19,23,26H,10-13H2,(H2,22,25)(H,24,27)/t3*19-/m000/s1. The molecule has 0 saturated carbocycles. The topological polar surface area (TPSA) is 301 Å². The summed E-state index contributed by atoms with van der Waals surface area (Å²) in [5, 5.41) is 55.6. The van der Waals surface area contributed by atoms with Gasteiger partial charge in [0.2, 0.25) is 17.7 Å². The largest absolute Gasteiger partial charge is 0.387 e. The average Bonchev–Trinajstić information content (AvgIpc) is 4.27. The molecule has 0 aliphatic heterocycles. The molecule has 3 amide bonds. The number of aliphatic hydroxyl groups excluding tert-OH is 3. The number of hydrogen-bond donors (Lipinski definition) is 12. The van der Waals surface area contributed by atoms with E-state index in [9.17, 15) is 29.7 Å². The fraction of sp³-hybridized carbons (Fsp3) is 0.238. The van der Waals surface area contributed by atoms with Crippen LogP contribution in [0.4, 0.5) is 32.5 Å². The highest BCUT2D eigenvalue weighted by Crippen LogP contribution is 2.19. The predicted octanol–water partition coefficient (Wildman–Crippen LogP) is 8.32. The molecule has 3 heterocycles. The number of hydrogen-bond acceptors (Lipinski definition) is 18. The molecule has 3 aromatic heterocycles. The van der Waals surface area contributed by atoms with E-state index in [0.29, 0.717) is 52.1 Å². The number of nitrogen functional groups attached to an aromatic ring is 3. The molecule has 438 valence electrons. The van der Waals surface area contributed by atoms with E-state index in [1.54, 1.807) is 16.1 Å². The van der Waals surface area contributed by atoms with Gasteiger partial charge in [-0.15, -0.1) is 34.0 Å². The Balaban J connectivity index is 0.000000181. The van der Waals surface area contributed by atoms with E-state index >= 15 is 0 Å². The summed E-state index contributed by atoms with van der Waals surface area (Å²) in [6, 6.07) is 52.1. The molecule has 9 rings (SSSR count).